The topological polar surface area (TPSA) is 76.9 Å². The van der Waals surface area contributed by atoms with E-state index >= 15 is 0 Å². The molecule has 0 atom stereocenters. The van der Waals surface area contributed by atoms with Crippen LogP contribution in [0.1, 0.15) is 86.7 Å². The number of aliphatic hydroxyl groups is 1. The SMILES string of the molecule is CC(C)(C)O.Cc1nc(C)c(-c2ccc3c(c2)CCN(Cc2cc(F)cc(C(F)(F)F)c2)C3)c(N2CCC(C)(C)CC2)c1CC(=O)O. The molecule has 1 saturated heterocycles. The Morgan fingerprint density at radius 2 is 1.60 bits per heavy atom. The second-order valence-corrected chi connectivity index (χ2v) is 14.7. The molecular weight excluding hydrogens is 610 g/mol. The summed E-state index contributed by atoms with van der Waals surface area (Å²) in [6.45, 7) is 16.7. The fourth-order valence-electron chi connectivity index (χ4n) is 6.33. The van der Waals surface area contributed by atoms with E-state index in [9.17, 15) is 27.5 Å². The van der Waals surface area contributed by atoms with E-state index < -0.39 is 29.1 Å². The number of anilines is 1. The number of aryl methyl sites for hydroxylation is 2. The fourth-order valence-corrected chi connectivity index (χ4v) is 6.33. The van der Waals surface area contributed by atoms with Crippen molar-refractivity contribution in [3.63, 3.8) is 0 Å². The summed E-state index contributed by atoms with van der Waals surface area (Å²) in [6.07, 6.45) is -1.99. The maximum atomic E-state index is 14.0. The van der Waals surface area contributed by atoms with E-state index in [4.69, 9.17) is 10.1 Å². The normalized spacial score (nSPS) is 16.7. The van der Waals surface area contributed by atoms with Gasteiger partial charge in [-0.15, -0.1) is 0 Å². The number of aromatic nitrogens is 1. The second-order valence-electron chi connectivity index (χ2n) is 14.7. The third kappa shape index (κ3) is 9.76. The van der Waals surface area contributed by atoms with Gasteiger partial charge in [-0.2, -0.15) is 13.2 Å². The number of hydrogen-bond donors (Lipinski definition) is 2. The van der Waals surface area contributed by atoms with Gasteiger partial charge in [-0.1, -0.05) is 32.0 Å². The van der Waals surface area contributed by atoms with Crippen LogP contribution >= 0.6 is 0 Å². The molecule has 3 aromatic rings. The van der Waals surface area contributed by atoms with E-state index in [0.717, 1.165) is 76.9 Å². The molecule has 2 aliphatic rings. The number of nitrogens with zero attached hydrogens (tertiary/aromatic N) is 3. The maximum absolute atomic E-state index is 14.0. The fraction of sp³-hybridized carbons (Fsp3) is 0.514. The van der Waals surface area contributed by atoms with Crippen molar-refractivity contribution in [2.75, 3.05) is 24.5 Å². The molecule has 0 bridgehead atoms. The summed E-state index contributed by atoms with van der Waals surface area (Å²) in [5.41, 5.74) is 6.51. The molecule has 2 N–H and O–H groups in total. The summed E-state index contributed by atoms with van der Waals surface area (Å²) in [7, 11) is 0. The van der Waals surface area contributed by atoms with Crippen molar-refractivity contribution >= 4 is 11.7 Å². The van der Waals surface area contributed by atoms with Gasteiger partial charge in [0.1, 0.15) is 5.82 Å². The second kappa shape index (κ2) is 13.9. The van der Waals surface area contributed by atoms with Crippen LogP contribution in [0.4, 0.5) is 23.2 Å². The first-order valence-corrected chi connectivity index (χ1v) is 16.1. The van der Waals surface area contributed by atoms with Crippen molar-refractivity contribution in [3.05, 3.63) is 81.4 Å². The molecule has 6 nitrogen and oxygen atoms in total. The third-order valence-electron chi connectivity index (χ3n) is 8.70. The largest absolute Gasteiger partial charge is 0.481 e. The van der Waals surface area contributed by atoms with Crippen LogP contribution in [0.2, 0.25) is 0 Å². The lowest BCUT2D eigenvalue weighted by Crippen LogP contribution is -2.38. The predicted octanol–water partition coefficient (Wildman–Crippen LogP) is 8.11. The Hall–Kier alpha value is -3.50. The van der Waals surface area contributed by atoms with Crippen molar-refractivity contribution in [1.29, 1.82) is 0 Å². The molecule has 1 fully saturated rings. The van der Waals surface area contributed by atoms with Crippen molar-refractivity contribution < 1.29 is 32.6 Å². The molecule has 1 aromatic heterocycles. The summed E-state index contributed by atoms with van der Waals surface area (Å²) >= 11 is 0. The van der Waals surface area contributed by atoms with Gasteiger partial charge in [0, 0.05) is 55.2 Å². The van der Waals surface area contributed by atoms with E-state index in [2.05, 4.69) is 24.8 Å². The molecule has 47 heavy (non-hydrogen) atoms. The van der Waals surface area contributed by atoms with Gasteiger partial charge in [-0.25, -0.2) is 4.39 Å². The number of carboxylic acid groups (broad SMARTS) is 1. The highest BCUT2D eigenvalue weighted by Gasteiger charge is 2.32. The number of alkyl halides is 3. The van der Waals surface area contributed by atoms with Gasteiger partial charge < -0.3 is 15.1 Å². The quantitative estimate of drug-likeness (QED) is 0.261. The molecule has 0 amide bonds. The van der Waals surface area contributed by atoms with Crippen LogP contribution in [-0.4, -0.2) is 51.3 Å². The average molecular weight is 658 g/mol. The number of hydrogen-bond acceptors (Lipinski definition) is 5. The van der Waals surface area contributed by atoms with Gasteiger partial charge in [0.25, 0.3) is 0 Å². The Morgan fingerprint density at radius 1 is 0.957 bits per heavy atom. The summed E-state index contributed by atoms with van der Waals surface area (Å²) in [4.78, 5) is 21.0. The standard InChI is InChI=1S/C33H37F4N3O2.C4H10O/c1-20-28(17-29(41)42)31(40-11-8-32(3,4)9-12-40)30(21(2)38-20)24-5-6-25-19-39(10-7-23(25)15-24)18-22-13-26(33(35,36)37)16-27(34)14-22;1-4(2,3)5/h5-6,13-16H,7-12,17-19H2,1-4H3,(H,41,42);5H,1-3H3. The lowest BCUT2D eigenvalue weighted by molar-refractivity contribution is -0.138. The van der Waals surface area contributed by atoms with Gasteiger partial charge in [0.15, 0.2) is 0 Å². The van der Waals surface area contributed by atoms with E-state index in [-0.39, 0.29) is 18.4 Å². The van der Waals surface area contributed by atoms with Gasteiger partial charge in [0.05, 0.1) is 23.3 Å². The van der Waals surface area contributed by atoms with Crippen LogP contribution in [0.25, 0.3) is 11.1 Å². The molecule has 5 rings (SSSR count). The van der Waals surface area contributed by atoms with Gasteiger partial charge in [-0.05, 0) is 99.7 Å². The van der Waals surface area contributed by atoms with Crippen molar-refractivity contribution in [2.24, 2.45) is 5.41 Å². The molecule has 0 spiro atoms. The van der Waals surface area contributed by atoms with Gasteiger partial charge in [-0.3, -0.25) is 14.7 Å². The van der Waals surface area contributed by atoms with Crippen LogP contribution in [0.3, 0.4) is 0 Å². The van der Waals surface area contributed by atoms with Crippen LogP contribution in [-0.2, 0) is 36.9 Å². The van der Waals surface area contributed by atoms with E-state index in [0.29, 0.717) is 31.1 Å². The van der Waals surface area contributed by atoms with Crippen molar-refractivity contribution in [3.8, 4) is 11.1 Å². The summed E-state index contributed by atoms with van der Waals surface area (Å²) in [5, 5.41) is 18.3. The molecule has 2 aliphatic heterocycles. The number of pyridine rings is 1. The lowest BCUT2D eigenvalue weighted by atomic mass is 9.82. The molecule has 10 heteroatoms. The number of carbonyl (C=O) groups is 1. The zero-order chi connectivity index (χ0) is 34.9. The number of aliphatic carboxylic acids is 1. The molecule has 0 radical (unpaired) electrons. The van der Waals surface area contributed by atoms with Crippen LogP contribution in [0.15, 0.2) is 36.4 Å². The Kier molecular flexibility index (Phi) is 10.8. The Balaban J connectivity index is 0.000000930. The van der Waals surface area contributed by atoms with E-state index in [1.165, 1.54) is 6.07 Å². The van der Waals surface area contributed by atoms with E-state index in [1.54, 1.807) is 20.8 Å². The minimum absolute atomic E-state index is 0.0998. The number of carboxylic acids is 1. The third-order valence-corrected chi connectivity index (χ3v) is 8.70. The Labute approximate surface area is 275 Å². The highest BCUT2D eigenvalue weighted by atomic mass is 19.4. The first-order chi connectivity index (χ1) is 21.7. The molecule has 3 heterocycles. The van der Waals surface area contributed by atoms with Crippen LogP contribution < -0.4 is 4.90 Å². The molecule has 2 aromatic carbocycles. The highest BCUT2D eigenvalue weighted by Crippen LogP contribution is 2.42. The minimum Gasteiger partial charge on any atom is -0.481 e. The first kappa shape index (κ1) is 36.3. The van der Waals surface area contributed by atoms with Crippen LogP contribution in [0.5, 0.6) is 0 Å². The zero-order valence-electron chi connectivity index (χ0n) is 28.5. The molecule has 0 saturated carbocycles. The summed E-state index contributed by atoms with van der Waals surface area (Å²) in [6, 6.07) is 8.94. The Bertz CT molecular complexity index is 1600. The smallest absolute Gasteiger partial charge is 0.416 e. The highest BCUT2D eigenvalue weighted by molar-refractivity contribution is 5.86. The number of benzene rings is 2. The van der Waals surface area contributed by atoms with E-state index in [1.807, 2.05) is 30.9 Å². The molecule has 0 aliphatic carbocycles. The average Bonchev–Trinajstić information content (AvgIpc) is 2.92. The van der Waals surface area contributed by atoms with Crippen LogP contribution in [0, 0.1) is 25.1 Å². The van der Waals surface area contributed by atoms with Gasteiger partial charge in [0.2, 0.25) is 0 Å². The summed E-state index contributed by atoms with van der Waals surface area (Å²) in [5.74, 6) is -1.78. The minimum atomic E-state index is -4.60. The monoisotopic (exact) mass is 657 g/mol. The van der Waals surface area contributed by atoms with Crippen molar-refractivity contribution in [1.82, 2.24) is 9.88 Å². The predicted molar refractivity (Wildman–Crippen MR) is 177 cm³/mol. The molecule has 0 unspecified atom stereocenters. The number of rotatable bonds is 6. The first-order valence-electron chi connectivity index (χ1n) is 16.1. The number of fused-ring (bicyclic) bond motifs is 1. The molecular formula is C37H47F4N3O3. The number of halogens is 4. The Morgan fingerprint density at radius 3 is 2.19 bits per heavy atom. The summed E-state index contributed by atoms with van der Waals surface area (Å²) < 4.78 is 53.6. The van der Waals surface area contributed by atoms with Crippen molar-refractivity contribution in [2.45, 2.75) is 99.0 Å². The lowest BCUT2D eigenvalue weighted by Gasteiger charge is -2.40. The van der Waals surface area contributed by atoms with Gasteiger partial charge >= 0.3 is 12.1 Å². The molecule has 256 valence electrons. The number of piperidine rings is 1. The zero-order valence-corrected chi connectivity index (χ0v) is 28.5. The maximum Gasteiger partial charge on any atom is 0.416 e.